The van der Waals surface area contributed by atoms with Crippen molar-refractivity contribution in [2.75, 3.05) is 6.61 Å². The van der Waals surface area contributed by atoms with E-state index in [0.717, 1.165) is 34.7 Å². The summed E-state index contributed by atoms with van der Waals surface area (Å²) < 4.78 is 7.73. The van der Waals surface area contributed by atoms with Crippen molar-refractivity contribution in [3.05, 3.63) is 46.8 Å². The summed E-state index contributed by atoms with van der Waals surface area (Å²) in [4.78, 5) is 0. The Morgan fingerprint density at radius 1 is 1.33 bits per heavy atom. The van der Waals surface area contributed by atoms with E-state index in [0.29, 0.717) is 6.61 Å². The number of nitrogens with one attached hydrogen (secondary N) is 1. The third-order valence-corrected chi connectivity index (χ3v) is 3.71. The number of aromatic nitrogens is 2. The summed E-state index contributed by atoms with van der Waals surface area (Å²) in [6.45, 7) is 6.84. The average molecular weight is 288 g/mol. The van der Waals surface area contributed by atoms with Crippen LogP contribution < -0.4 is 16.0 Å². The molecule has 0 amide bonds. The number of ether oxygens (including phenoxy) is 1. The molecule has 2 aromatic rings. The normalized spacial score (nSPS) is 12.4. The summed E-state index contributed by atoms with van der Waals surface area (Å²) in [6, 6.07) is 7.87. The number of nitrogens with zero attached hydrogens (tertiary/aromatic N) is 2. The molecule has 0 aliphatic heterocycles. The van der Waals surface area contributed by atoms with Gasteiger partial charge in [0.15, 0.2) is 0 Å². The van der Waals surface area contributed by atoms with Gasteiger partial charge in [-0.1, -0.05) is 25.1 Å². The Morgan fingerprint density at radius 3 is 2.62 bits per heavy atom. The summed E-state index contributed by atoms with van der Waals surface area (Å²) in [7, 11) is 1.94. The molecule has 0 saturated carbocycles. The van der Waals surface area contributed by atoms with Gasteiger partial charge in [-0.15, -0.1) is 0 Å². The summed E-state index contributed by atoms with van der Waals surface area (Å²) >= 11 is 0. The minimum Gasteiger partial charge on any atom is -0.493 e. The standard InChI is InChI=1S/C16H24N4O/c1-5-10-21-14-9-7-6-8-13(14)16(18-17)15-11(2)19-20(4)12(15)3/h6-9,16,18H,5,10,17H2,1-4H3. The van der Waals surface area contributed by atoms with Crippen LogP contribution in [-0.2, 0) is 7.05 Å². The number of hydrazine groups is 1. The van der Waals surface area contributed by atoms with Gasteiger partial charge in [-0.2, -0.15) is 5.10 Å². The third kappa shape index (κ3) is 3.09. The largest absolute Gasteiger partial charge is 0.493 e. The third-order valence-electron chi connectivity index (χ3n) is 3.71. The first-order chi connectivity index (χ1) is 10.1. The first-order valence-corrected chi connectivity index (χ1v) is 7.28. The molecular formula is C16H24N4O. The second-order valence-electron chi connectivity index (χ2n) is 5.19. The van der Waals surface area contributed by atoms with Gasteiger partial charge < -0.3 is 4.74 Å². The lowest BCUT2D eigenvalue weighted by Crippen LogP contribution is -2.30. The van der Waals surface area contributed by atoms with Crippen LogP contribution >= 0.6 is 0 Å². The number of hydrogen-bond donors (Lipinski definition) is 2. The molecule has 114 valence electrons. The van der Waals surface area contributed by atoms with Gasteiger partial charge in [0.1, 0.15) is 5.75 Å². The van der Waals surface area contributed by atoms with Gasteiger partial charge in [0.05, 0.1) is 18.3 Å². The number of nitrogens with two attached hydrogens (primary N) is 1. The monoisotopic (exact) mass is 288 g/mol. The van der Waals surface area contributed by atoms with Crippen molar-refractivity contribution >= 4 is 0 Å². The van der Waals surface area contributed by atoms with Crippen LogP contribution in [0.5, 0.6) is 5.75 Å². The molecular weight excluding hydrogens is 264 g/mol. The molecule has 0 aliphatic carbocycles. The van der Waals surface area contributed by atoms with Crippen LogP contribution in [0.15, 0.2) is 24.3 Å². The highest BCUT2D eigenvalue weighted by Crippen LogP contribution is 2.32. The molecule has 0 saturated heterocycles. The van der Waals surface area contributed by atoms with Crippen molar-refractivity contribution in [2.45, 2.75) is 33.2 Å². The summed E-state index contributed by atoms with van der Waals surface area (Å²) in [6.07, 6.45) is 0.972. The van der Waals surface area contributed by atoms with Gasteiger partial charge in [-0.25, -0.2) is 5.43 Å². The van der Waals surface area contributed by atoms with Gasteiger partial charge in [0, 0.05) is 23.9 Å². The molecule has 21 heavy (non-hydrogen) atoms. The number of para-hydroxylation sites is 1. The zero-order chi connectivity index (χ0) is 15.4. The average Bonchev–Trinajstić information content (AvgIpc) is 2.73. The van der Waals surface area contributed by atoms with Crippen LogP contribution in [0, 0.1) is 13.8 Å². The maximum Gasteiger partial charge on any atom is 0.124 e. The Kier molecular flexibility index (Phi) is 4.98. The molecule has 2 rings (SSSR count). The highest BCUT2D eigenvalue weighted by atomic mass is 16.5. The topological polar surface area (TPSA) is 65.1 Å². The van der Waals surface area contributed by atoms with E-state index in [4.69, 9.17) is 10.6 Å². The van der Waals surface area contributed by atoms with E-state index in [9.17, 15) is 0 Å². The molecule has 5 heteroatoms. The van der Waals surface area contributed by atoms with Crippen LogP contribution in [0.3, 0.4) is 0 Å². The molecule has 0 radical (unpaired) electrons. The zero-order valence-corrected chi connectivity index (χ0v) is 13.2. The fourth-order valence-electron chi connectivity index (χ4n) is 2.60. The highest BCUT2D eigenvalue weighted by Gasteiger charge is 2.23. The number of rotatable bonds is 6. The number of benzene rings is 1. The van der Waals surface area contributed by atoms with E-state index >= 15 is 0 Å². The molecule has 3 N–H and O–H groups in total. The Morgan fingerprint density at radius 2 is 2.05 bits per heavy atom. The van der Waals surface area contributed by atoms with Crippen LogP contribution in [0.25, 0.3) is 0 Å². The minimum atomic E-state index is -0.133. The van der Waals surface area contributed by atoms with Crippen molar-refractivity contribution in [1.29, 1.82) is 0 Å². The van der Waals surface area contributed by atoms with E-state index in [1.165, 1.54) is 0 Å². The molecule has 1 unspecified atom stereocenters. The summed E-state index contributed by atoms with van der Waals surface area (Å²) in [5, 5.41) is 4.48. The molecule has 1 aromatic heterocycles. The van der Waals surface area contributed by atoms with E-state index < -0.39 is 0 Å². The second-order valence-corrected chi connectivity index (χ2v) is 5.19. The lowest BCUT2D eigenvalue weighted by molar-refractivity contribution is 0.311. The first-order valence-electron chi connectivity index (χ1n) is 7.28. The smallest absolute Gasteiger partial charge is 0.124 e. The molecule has 5 nitrogen and oxygen atoms in total. The van der Waals surface area contributed by atoms with Crippen LogP contribution in [0.2, 0.25) is 0 Å². The molecule has 1 aromatic carbocycles. The fraction of sp³-hybridized carbons (Fsp3) is 0.438. The quantitative estimate of drug-likeness (QED) is 0.633. The molecule has 1 atom stereocenters. The minimum absolute atomic E-state index is 0.133. The molecule has 0 aliphatic rings. The van der Waals surface area contributed by atoms with E-state index in [1.54, 1.807) is 0 Å². The second kappa shape index (κ2) is 6.74. The van der Waals surface area contributed by atoms with Crippen LogP contribution in [-0.4, -0.2) is 16.4 Å². The predicted octanol–water partition coefficient (Wildman–Crippen LogP) is 2.38. The maximum absolute atomic E-state index is 5.85. The van der Waals surface area contributed by atoms with Crippen molar-refractivity contribution < 1.29 is 4.74 Å². The Labute approximate surface area is 126 Å². The van der Waals surface area contributed by atoms with Crippen LogP contribution in [0.4, 0.5) is 0 Å². The fourth-order valence-corrected chi connectivity index (χ4v) is 2.60. The molecule has 0 bridgehead atoms. The predicted molar refractivity (Wildman–Crippen MR) is 84.1 cm³/mol. The van der Waals surface area contributed by atoms with Gasteiger partial charge in [-0.05, 0) is 26.3 Å². The summed E-state index contributed by atoms with van der Waals surface area (Å²) in [5.74, 6) is 6.70. The molecule has 0 spiro atoms. The van der Waals surface area contributed by atoms with E-state index in [2.05, 4.69) is 24.4 Å². The van der Waals surface area contributed by atoms with Crippen molar-refractivity contribution in [3.8, 4) is 5.75 Å². The van der Waals surface area contributed by atoms with Gasteiger partial charge in [-0.3, -0.25) is 10.5 Å². The van der Waals surface area contributed by atoms with Crippen molar-refractivity contribution in [1.82, 2.24) is 15.2 Å². The zero-order valence-electron chi connectivity index (χ0n) is 13.2. The van der Waals surface area contributed by atoms with E-state index in [-0.39, 0.29) is 6.04 Å². The van der Waals surface area contributed by atoms with Gasteiger partial charge in [0.2, 0.25) is 0 Å². The van der Waals surface area contributed by atoms with Gasteiger partial charge >= 0.3 is 0 Å². The lowest BCUT2D eigenvalue weighted by Gasteiger charge is -2.20. The SMILES string of the molecule is CCCOc1ccccc1C(NN)c1c(C)nn(C)c1C. The Bertz CT molecular complexity index is 606. The Hall–Kier alpha value is -1.85. The van der Waals surface area contributed by atoms with Crippen molar-refractivity contribution in [2.24, 2.45) is 12.9 Å². The molecule has 0 fully saturated rings. The van der Waals surface area contributed by atoms with Crippen molar-refractivity contribution in [3.63, 3.8) is 0 Å². The van der Waals surface area contributed by atoms with E-state index in [1.807, 2.05) is 42.9 Å². The van der Waals surface area contributed by atoms with Gasteiger partial charge in [0.25, 0.3) is 0 Å². The molecule has 1 heterocycles. The Balaban J connectivity index is 2.46. The number of hydrogen-bond acceptors (Lipinski definition) is 4. The lowest BCUT2D eigenvalue weighted by atomic mass is 9.97. The van der Waals surface area contributed by atoms with Crippen LogP contribution in [0.1, 0.15) is 41.9 Å². The summed E-state index contributed by atoms with van der Waals surface area (Å²) in [5.41, 5.74) is 7.13. The maximum atomic E-state index is 5.85. The number of aryl methyl sites for hydroxylation is 2. The first kappa shape index (κ1) is 15.5. The highest BCUT2D eigenvalue weighted by molar-refractivity contribution is 5.44.